The standard InChI is InChI=1S/C20H21N3O5S/c1-3-28-16-7-4-14(5-8-16)12-19(24)21-20-22(10-11-27-2)17-13-15(23(25)26)6-9-18(17)29-20/h4-9,13H,3,10-12H2,1-2H3. The lowest BCUT2D eigenvalue weighted by molar-refractivity contribution is -0.384. The number of benzene rings is 2. The number of carbonyl (C=O) groups excluding carboxylic acids is 1. The molecule has 0 aliphatic heterocycles. The van der Waals surface area contributed by atoms with Gasteiger partial charge in [0.2, 0.25) is 0 Å². The fraction of sp³-hybridized carbons (Fsp3) is 0.300. The zero-order valence-electron chi connectivity index (χ0n) is 16.2. The molecule has 152 valence electrons. The quantitative estimate of drug-likeness (QED) is 0.415. The van der Waals surface area contributed by atoms with Crippen LogP contribution < -0.4 is 9.54 Å². The normalized spacial score (nSPS) is 11.7. The Kier molecular flexibility index (Phi) is 6.73. The lowest BCUT2D eigenvalue weighted by Gasteiger charge is -2.05. The number of fused-ring (bicyclic) bond motifs is 1. The number of nitro benzene ring substituents is 1. The number of amides is 1. The number of nitro groups is 1. The Morgan fingerprint density at radius 3 is 2.66 bits per heavy atom. The number of methoxy groups -OCH3 is 1. The van der Waals surface area contributed by atoms with Crippen molar-refractivity contribution in [3.05, 3.63) is 62.9 Å². The molecule has 0 aliphatic rings. The first-order valence-electron chi connectivity index (χ1n) is 9.08. The Labute approximate surface area is 171 Å². The van der Waals surface area contributed by atoms with E-state index in [0.29, 0.717) is 30.1 Å². The first-order valence-corrected chi connectivity index (χ1v) is 9.89. The van der Waals surface area contributed by atoms with Crippen molar-refractivity contribution >= 4 is 33.1 Å². The summed E-state index contributed by atoms with van der Waals surface area (Å²) in [6, 6.07) is 11.9. The summed E-state index contributed by atoms with van der Waals surface area (Å²) in [6.07, 6.45) is 0.158. The molecule has 1 amide bonds. The summed E-state index contributed by atoms with van der Waals surface area (Å²) >= 11 is 1.32. The van der Waals surface area contributed by atoms with E-state index in [1.165, 1.54) is 23.5 Å². The summed E-state index contributed by atoms with van der Waals surface area (Å²) < 4.78 is 13.1. The SMILES string of the molecule is CCOc1ccc(CC(=O)N=c2sc3ccc([N+](=O)[O-])cc3n2CCOC)cc1. The molecule has 0 bridgehead atoms. The molecule has 2 aromatic carbocycles. The second-order valence-corrected chi connectivity index (χ2v) is 7.21. The second-order valence-electron chi connectivity index (χ2n) is 6.20. The highest BCUT2D eigenvalue weighted by Crippen LogP contribution is 2.23. The predicted octanol–water partition coefficient (Wildman–Crippen LogP) is 3.33. The Bertz CT molecular complexity index is 1090. The van der Waals surface area contributed by atoms with Crippen LogP contribution >= 0.6 is 11.3 Å². The molecule has 0 saturated carbocycles. The number of thiazole rings is 1. The van der Waals surface area contributed by atoms with E-state index >= 15 is 0 Å². The van der Waals surface area contributed by atoms with Gasteiger partial charge in [0.25, 0.3) is 11.6 Å². The first kappa shape index (κ1) is 20.7. The van der Waals surface area contributed by atoms with Crippen molar-refractivity contribution in [1.82, 2.24) is 4.57 Å². The lowest BCUT2D eigenvalue weighted by Crippen LogP contribution is -2.19. The van der Waals surface area contributed by atoms with E-state index < -0.39 is 4.92 Å². The van der Waals surface area contributed by atoms with Crippen molar-refractivity contribution in [1.29, 1.82) is 0 Å². The molecule has 0 aliphatic carbocycles. The molecular formula is C20H21N3O5S. The van der Waals surface area contributed by atoms with Gasteiger partial charge in [-0.2, -0.15) is 4.99 Å². The highest BCUT2D eigenvalue weighted by molar-refractivity contribution is 7.16. The number of non-ortho nitro benzene ring substituents is 1. The first-order chi connectivity index (χ1) is 14.0. The van der Waals surface area contributed by atoms with Crippen molar-refractivity contribution in [3.8, 4) is 5.75 Å². The molecule has 3 aromatic rings. The smallest absolute Gasteiger partial charge is 0.271 e. The van der Waals surface area contributed by atoms with Crippen LogP contribution in [0.3, 0.4) is 0 Å². The van der Waals surface area contributed by atoms with Gasteiger partial charge in [-0.1, -0.05) is 23.5 Å². The number of ether oxygens (including phenoxy) is 2. The van der Waals surface area contributed by atoms with Crippen LogP contribution in [0.5, 0.6) is 5.75 Å². The Morgan fingerprint density at radius 1 is 1.24 bits per heavy atom. The molecule has 0 radical (unpaired) electrons. The van der Waals surface area contributed by atoms with Crippen molar-refractivity contribution in [2.45, 2.75) is 19.9 Å². The molecule has 1 heterocycles. The maximum atomic E-state index is 12.5. The largest absolute Gasteiger partial charge is 0.494 e. The zero-order chi connectivity index (χ0) is 20.8. The molecule has 0 atom stereocenters. The number of carbonyl (C=O) groups is 1. The summed E-state index contributed by atoms with van der Waals surface area (Å²) in [4.78, 5) is 28.0. The average molecular weight is 415 g/mol. The Balaban J connectivity index is 1.92. The van der Waals surface area contributed by atoms with E-state index in [2.05, 4.69) is 4.99 Å². The van der Waals surface area contributed by atoms with Gasteiger partial charge in [0.1, 0.15) is 5.75 Å². The van der Waals surface area contributed by atoms with E-state index in [1.807, 2.05) is 31.2 Å². The van der Waals surface area contributed by atoms with Crippen LogP contribution in [0, 0.1) is 10.1 Å². The summed E-state index contributed by atoms with van der Waals surface area (Å²) in [6.45, 7) is 3.33. The fourth-order valence-corrected chi connectivity index (χ4v) is 3.90. The highest BCUT2D eigenvalue weighted by Gasteiger charge is 2.13. The van der Waals surface area contributed by atoms with Crippen molar-refractivity contribution < 1.29 is 19.2 Å². The number of nitrogens with zero attached hydrogens (tertiary/aromatic N) is 3. The number of rotatable bonds is 8. The molecule has 0 saturated heterocycles. The van der Waals surface area contributed by atoms with Gasteiger partial charge < -0.3 is 14.0 Å². The molecular weight excluding hydrogens is 394 g/mol. The summed E-state index contributed by atoms with van der Waals surface area (Å²) in [5, 5.41) is 11.1. The maximum Gasteiger partial charge on any atom is 0.271 e. The van der Waals surface area contributed by atoms with Crippen molar-refractivity contribution in [2.75, 3.05) is 20.3 Å². The fourth-order valence-electron chi connectivity index (χ4n) is 2.85. The molecule has 0 spiro atoms. The minimum absolute atomic E-state index is 0.00580. The molecule has 0 unspecified atom stereocenters. The predicted molar refractivity (Wildman–Crippen MR) is 110 cm³/mol. The average Bonchev–Trinajstić information content (AvgIpc) is 3.04. The second kappa shape index (κ2) is 9.44. The van der Waals surface area contributed by atoms with E-state index in [0.717, 1.165) is 16.0 Å². The monoisotopic (exact) mass is 415 g/mol. The van der Waals surface area contributed by atoms with E-state index in [4.69, 9.17) is 9.47 Å². The summed E-state index contributed by atoms with van der Waals surface area (Å²) in [7, 11) is 1.57. The molecule has 29 heavy (non-hydrogen) atoms. The molecule has 3 rings (SSSR count). The number of aromatic nitrogens is 1. The van der Waals surface area contributed by atoms with Crippen LogP contribution in [0.15, 0.2) is 47.5 Å². The van der Waals surface area contributed by atoms with Crippen LogP contribution in [0.4, 0.5) is 5.69 Å². The third-order valence-electron chi connectivity index (χ3n) is 4.21. The van der Waals surface area contributed by atoms with Crippen LogP contribution in [0.1, 0.15) is 12.5 Å². The van der Waals surface area contributed by atoms with Crippen LogP contribution in [0.25, 0.3) is 10.2 Å². The van der Waals surface area contributed by atoms with Gasteiger partial charge in [-0.25, -0.2) is 0 Å². The van der Waals surface area contributed by atoms with Gasteiger partial charge in [-0.15, -0.1) is 0 Å². The van der Waals surface area contributed by atoms with Gasteiger partial charge in [-0.3, -0.25) is 14.9 Å². The molecule has 8 nitrogen and oxygen atoms in total. The van der Waals surface area contributed by atoms with Crippen LogP contribution in [0.2, 0.25) is 0 Å². The number of hydrogen-bond donors (Lipinski definition) is 0. The maximum absolute atomic E-state index is 12.5. The number of hydrogen-bond acceptors (Lipinski definition) is 6. The third-order valence-corrected chi connectivity index (χ3v) is 5.26. The van der Waals surface area contributed by atoms with Gasteiger partial charge in [-0.05, 0) is 30.7 Å². The molecule has 9 heteroatoms. The van der Waals surface area contributed by atoms with Gasteiger partial charge in [0.05, 0.1) is 34.8 Å². The zero-order valence-corrected chi connectivity index (χ0v) is 17.0. The molecule has 0 N–H and O–H groups in total. The molecule has 0 fully saturated rings. The summed E-state index contributed by atoms with van der Waals surface area (Å²) in [5.41, 5.74) is 1.49. The Hall–Kier alpha value is -3.04. The van der Waals surface area contributed by atoms with Crippen LogP contribution in [-0.4, -0.2) is 35.7 Å². The highest BCUT2D eigenvalue weighted by atomic mass is 32.1. The van der Waals surface area contributed by atoms with E-state index in [9.17, 15) is 14.9 Å². The lowest BCUT2D eigenvalue weighted by atomic mass is 10.1. The minimum atomic E-state index is -0.439. The van der Waals surface area contributed by atoms with E-state index in [1.54, 1.807) is 17.7 Å². The van der Waals surface area contributed by atoms with E-state index in [-0.39, 0.29) is 18.0 Å². The minimum Gasteiger partial charge on any atom is -0.494 e. The van der Waals surface area contributed by atoms with Crippen molar-refractivity contribution in [3.63, 3.8) is 0 Å². The third kappa shape index (κ3) is 5.07. The van der Waals surface area contributed by atoms with Crippen molar-refractivity contribution in [2.24, 2.45) is 4.99 Å². The van der Waals surface area contributed by atoms with Gasteiger partial charge in [0.15, 0.2) is 4.80 Å². The molecule has 1 aromatic heterocycles. The Morgan fingerprint density at radius 2 is 2.00 bits per heavy atom. The van der Waals surface area contributed by atoms with Gasteiger partial charge in [0, 0.05) is 25.8 Å². The van der Waals surface area contributed by atoms with Gasteiger partial charge >= 0.3 is 0 Å². The topological polar surface area (TPSA) is 96.0 Å². The van der Waals surface area contributed by atoms with Crippen LogP contribution in [-0.2, 0) is 22.5 Å². The summed E-state index contributed by atoms with van der Waals surface area (Å²) in [5.74, 6) is 0.463.